The Balaban J connectivity index is 2.85. The molecule has 0 fully saturated rings. The van der Waals surface area contributed by atoms with E-state index in [4.69, 9.17) is 4.74 Å². The molecule has 0 aromatic carbocycles. The summed E-state index contributed by atoms with van der Waals surface area (Å²) in [6, 6.07) is 1.73. The van der Waals surface area contributed by atoms with E-state index in [0.717, 1.165) is 0 Å². The molecule has 0 aliphatic rings. The number of rotatable bonds is 5. The van der Waals surface area contributed by atoms with Gasteiger partial charge in [0.25, 0.3) is 0 Å². The highest BCUT2D eigenvalue weighted by molar-refractivity contribution is 5.40. The normalized spacial score (nSPS) is 12.7. The predicted molar refractivity (Wildman–Crippen MR) is 71.8 cm³/mol. The lowest BCUT2D eigenvalue weighted by atomic mass is 9.86. The van der Waals surface area contributed by atoms with E-state index in [1.54, 1.807) is 19.9 Å². The Hall–Kier alpha value is -1.36. The van der Waals surface area contributed by atoms with Crippen LogP contribution in [0.2, 0.25) is 0 Å². The maximum Gasteiger partial charge on any atom is 0.218 e. The second kappa shape index (κ2) is 5.10. The molecule has 5 nitrogen and oxygen atoms in total. The molecule has 102 valence electrons. The van der Waals surface area contributed by atoms with Crippen molar-refractivity contribution in [2.75, 3.05) is 5.32 Å². The Morgan fingerprint density at radius 1 is 1.22 bits per heavy atom. The summed E-state index contributed by atoms with van der Waals surface area (Å²) in [6.45, 7) is 11.2. The number of nitrogens with zero attached hydrogens (tertiary/aromatic N) is 2. The van der Waals surface area contributed by atoms with Crippen molar-refractivity contribution in [3.8, 4) is 5.88 Å². The number of anilines is 1. The zero-order valence-electron chi connectivity index (χ0n) is 12.0. The summed E-state index contributed by atoms with van der Waals surface area (Å²) in [5.74, 6) is 1.15. The first-order valence-corrected chi connectivity index (χ1v) is 6.11. The van der Waals surface area contributed by atoms with Crippen molar-refractivity contribution in [1.82, 2.24) is 9.97 Å². The van der Waals surface area contributed by atoms with Crippen LogP contribution in [-0.2, 0) is 0 Å². The lowest BCUT2D eigenvalue weighted by Gasteiger charge is -2.38. The summed E-state index contributed by atoms with van der Waals surface area (Å²) in [7, 11) is 0. The monoisotopic (exact) mass is 253 g/mol. The molecule has 0 aliphatic carbocycles. The molecule has 0 bridgehead atoms. The van der Waals surface area contributed by atoms with E-state index < -0.39 is 11.1 Å². The van der Waals surface area contributed by atoms with Gasteiger partial charge in [-0.15, -0.1) is 0 Å². The fourth-order valence-electron chi connectivity index (χ4n) is 1.19. The summed E-state index contributed by atoms with van der Waals surface area (Å²) in [5, 5.41) is 13.3. The van der Waals surface area contributed by atoms with Gasteiger partial charge in [-0.3, -0.25) is 0 Å². The smallest absolute Gasteiger partial charge is 0.218 e. The maximum atomic E-state index is 10.1. The fourth-order valence-corrected chi connectivity index (χ4v) is 1.19. The highest BCUT2D eigenvalue weighted by atomic mass is 16.5. The molecule has 0 saturated heterocycles. The second-order valence-electron chi connectivity index (χ2n) is 5.72. The van der Waals surface area contributed by atoms with Crippen molar-refractivity contribution in [2.24, 2.45) is 0 Å². The van der Waals surface area contributed by atoms with E-state index >= 15 is 0 Å². The van der Waals surface area contributed by atoms with Gasteiger partial charge in [-0.2, -0.15) is 0 Å². The molecule has 1 aromatic rings. The highest BCUT2D eigenvalue weighted by Crippen LogP contribution is 2.25. The topological polar surface area (TPSA) is 67.3 Å². The van der Waals surface area contributed by atoms with Gasteiger partial charge >= 0.3 is 0 Å². The molecule has 5 heteroatoms. The Morgan fingerprint density at radius 3 is 2.33 bits per heavy atom. The minimum Gasteiger partial charge on any atom is -0.475 e. The largest absolute Gasteiger partial charge is 0.475 e. The summed E-state index contributed by atoms with van der Waals surface area (Å²) < 4.78 is 5.50. The van der Waals surface area contributed by atoms with Crippen molar-refractivity contribution in [1.29, 1.82) is 0 Å². The maximum absolute atomic E-state index is 10.1. The molecule has 0 atom stereocenters. The van der Waals surface area contributed by atoms with Gasteiger partial charge in [-0.1, -0.05) is 0 Å². The van der Waals surface area contributed by atoms with Gasteiger partial charge in [0.15, 0.2) is 0 Å². The number of aliphatic hydroxyl groups is 1. The molecule has 0 amide bonds. The average molecular weight is 253 g/mol. The summed E-state index contributed by atoms with van der Waals surface area (Å²) in [4.78, 5) is 8.17. The van der Waals surface area contributed by atoms with Crippen molar-refractivity contribution in [3.63, 3.8) is 0 Å². The molecule has 0 unspecified atom stereocenters. The van der Waals surface area contributed by atoms with Crippen LogP contribution in [0.25, 0.3) is 0 Å². The molecule has 0 aliphatic heterocycles. The number of aromatic nitrogens is 2. The highest BCUT2D eigenvalue weighted by Gasteiger charge is 2.35. The number of hydrogen-bond acceptors (Lipinski definition) is 5. The molecular weight excluding hydrogens is 230 g/mol. The van der Waals surface area contributed by atoms with Gasteiger partial charge in [0.2, 0.25) is 5.88 Å². The third-order valence-corrected chi connectivity index (χ3v) is 2.97. The summed E-state index contributed by atoms with van der Waals surface area (Å²) in [6.07, 6.45) is 1.51. The molecule has 18 heavy (non-hydrogen) atoms. The van der Waals surface area contributed by atoms with Gasteiger partial charge in [-0.05, 0) is 41.5 Å². The van der Waals surface area contributed by atoms with Gasteiger partial charge in [0.05, 0.1) is 17.2 Å². The zero-order valence-corrected chi connectivity index (χ0v) is 12.0. The Bertz CT molecular complexity index is 397. The van der Waals surface area contributed by atoms with Crippen LogP contribution in [0, 0.1) is 0 Å². The molecule has 0 spiro atoms. The number of ether oxygens (including phenoxy) is 1. The van der Waals surface area contributed by atoms with Gasteiger partial charge in [-0.25, -0.2) is 9.97 Å². The zero-order chi connectivity index (χ0) is 14.0. The van der Waals surface area contributed by atoms with E-state index in [1.165, 1.54) is 6.33 Å². The van der Waals surface area contributed by atoms with Crippen LogP contribution in [0.1, 0.15) is 41.5 Å². The standard InChI is InChI=1S/C13H23N3O2/c1-9(2)18-11-7-10(14-8-15-11)16-12(3,4)13(5,6)17/h7-9,17H,1-6H3,(H,14,15,16). The van der Waals surface area contributed by atoms with Crippen LogP contribution < -0.4 is 10.1 Å². The number of hydrogen-bond donors (Lipinski definition) is 2. The molecule has 0 saturated carbocycles. The van der Waals surface area contributed by atoms with Crippen LogP contribution in [0.5, 0.6) is 5.88 Å². The van der Waals surface area contributed by atoms with Crippen LogP contribution in [0.3, 0.4) is 0 Å². The predicted octanol–water partition coefficient (Wildman–Crippen LogP) is 2.23. The lowest BCUT2D eigenvalue weighted by molar-refractivity contribution is 0.0238. The van der Waals surface area contributed by atoms with Gasteiger partial charge < -0.3 is 15.2 Å². The van der Waals surface area contributed by atoms with Crippen molar-refractivity contribution in [2.45, 2.75) is 58.8 Å². The Kier molecular flexibility index (Phi) is 4.16. The molecule has 1 rings (SSSR count). The van der Waals surface area contributed by atoms with E-state index in [0.29, 0.717) is 11.7 Å². The second-order valence-corrected chi connectivity index (χ2v) is 5.72. The Morgan fingerprint density at radius 2 is 1.83 bits per heavy atom. The van der Waals surface area contributed by atoms with E-state index in [1.807, 2.05) is 27.7 Å². The molecule has 0 radical (unpaired) electrons. The first kappa shape index (κ1) is 14.7. The van der Waals surface area contributed by atoms with Gasteiger partial charge in [0.1, 0.15) is 12.1 Å². The third kappa shape index (κ3) is 3.84. The van der Waals surface area contributed by atoms with Crippen LogP contribution in [0.15, 0.2) is 12.4 Å². The van der Waals surface area contributed by atoms with Crippen LogP contribution in [-0.4, -0.2) is 32.3 Å². The molecule has 1 heterocycles. The van der Waals surface area contributed by atoms with Crippen LogP contribution in [0.4, 0.5) is 5.82 Å². The van der Waals surface area contributed by atoms with E-state index in [9.17, 15) is 5.11 Å². The minimum atomic E-state index is -0.878. The first-order valence-electron chi connectivity index (χ1n) is 6.11. The quantitative estimate of drug-likeness (QED) is 0.842. The lowest BCUT2D eigenvalue weighted by Crippen LogP contribution is -2.51. The third-order valence-electron chi connectivity index (χ3n) is 2.97. The first-order chi connectivity index (χ1) is 8.12. The fraction of sp³-hybridized carbons (Fsp3) is 0.692. The van der Waals surface area contributed by atoms with Crippen molar-refractivity contribution >= 4 is 5.82 Å². The van der Waals surface area contributed by atoms with Gasteiger partial charge in [0, 0.05) is 6.07 Å². The summed E-state index contributed by atoms with van der Waals surface area (Å²) >= 11 is 0. The van der Waals surface area contributed by atoms with Crippen LogP contribution >= 0.6 is 0 Å². The SMILES string of the molecule is CC(C)Oc1cc(NC(C)(C)C(C)(C)O)ncn1. The number of nitrogens with one attached hydrogen (secondary N) is 1. The molecule has 1 aromatic heterocycles. The van der Waals surface area contributed by atoms with E-state index in [2.05, 4.69) is 15.3 Å². The Labute approximate surface area is 109 Å². The summed E-state index contributed by atoms with van der Waals surface area (Å²) in [5.41, 5.74) is -1.40. The molecule has 2 N–H and O–H groups in total. The van der Waals surface area contributed by atoms with E-state index in [-0.39, 0.29) is 6.10 Å². The minimum absolute atomic E-state index is 0.0649. The van der Waals surface area contributed by atoms with Crippen molar-refractivity contribution in [3.05, 3.63) is 12.4 Å². The average Bonchev–Trinajstić information content (AvgIpc) is 2.14. The molecular formula is C13H23N3O2. The van der Waals surface area contributed by atoms with Crippen molar-refractivity contribution < 1.29 is 9.84 Å².